The Bertz CT molecular complexity index is 1900. The largest absolute Gasteiger partial charge is 0.506 e. The lowest BCUT2D eigenvalue weighted by molar-refractivity contribution is -0.175. The molecule has 4 fully saturated rings. The smallest absolute Gasteiger partial charge is 0.320 e. The fourth-order valence-corrected chi connectivity index (χ4v) is 7.87. The number of fused-ring (bicyclic) bond motifs is 4. The number of amides is 1. The second-order valence-electron chi connectivity index (χ2n) is 14.5. The highest BCUT2D eigenvalue weighted by Gasteiger charge is 2.54. The molecule has 0 radical (unpaired) electrons. The molecule has 2 atom stereocenters. The van der Waals surface area contributed by atoms with Crippen LogP contribution >= 0.6 is 0 Å². The van der Waals surface area contributed by atoms with E-state index in [2.05, 4.69) is 15.2 Å². The van der Waals surface area contributed by atoms with E-state index in [0.29, 0.717) is 48.6 Å². The number of pyridine rings is 1. The molecule has 4 aliphatic heterocycles. The third-order valence-corrected chi connectivity index (χ3v) is 11.0. The predicted octanol–water partition coefficient (Wildman–Crippen LogP) is 4.07. The van der Waals surface area contributed by atoms with Crippen LogP contribution < -0.4 is 15.6 Å². The lowest BCUT2D eigenvalue weighted by atomic mass is 9.73. The topological polar surface area (TPSA) is 144 Å². The van der Waals surface area contributed by atoms with E-state index in [1.807, 2.05) is 54.6 Å². The Morgan fingerprint density at radius 2 is 1.71 bits per heavy atom. The predicted molar refractivity (Wildman–Crippen MR) is 197 cm³/mol. The van der Waals surface area contributed by atoms with Crippen molar-refractivity contribution >= 4 is 22.8 Å². The van der Waals surface area contributed by atoms with Crippen LogP contribution in [0, 0.1) is 5.92 Å². The molecule has 3 aromatic carbocycles. The van der Waals surface area contributed by atoms with Gasteiger partial charge in [-0.1, -0.05) is 48.5 Å². The number of aromatic nitrogens is 1. The highest BCUT2D eigenvalue weighted by atomic mass is 16.5. The molecule has 4 aliphatic rings. The van der Waals surface area contributed by atoms with Gasteiger partial charge in [0.25, 0.3) is 0 Å². The lowest BCUT2D eigenvalue weighted by Gasteiger charge is -2.50. The molecule has 4 N–H and O–H groups in total. The van der Waals surface area contributed by atoms with Crippen molar-refractivity contribution in [2.75, 3.05) is 52.4 Å². The Hall–Kier alpha value is -4.71. The summed E-state index contributed by atoms with van der Waals surface area (Å²) in [5, 5.41) is 24.7. The number of aliphatic hydroxyl groups is 1. The number of aromatic hydroxyl groups is 1. The van der Waals surface area contributed by atoms with Crippen LogP contribution in [0.1, 0.15) is 54.9 Å². The molecule has 0 spiro atoms. The van der Waals surface area contributed by atoms with Gasteiger partial charge in [-0.15, -0.1) is 0 Å². The number of likely N-dealkylation sites (tertiary alicyclic amines) is 1. The summed E-state index contributed by atoms with van der Waals surface area (Å²) in [6.45, 7) is 5.28. The zero-order valence-corrected chi connectivity index (χ0v) is 29.5. The fraction of sp³-hybridized carbons (Fsp3) is 0.439. The summed E-state index contributed by atoms with van der Waals surface area (Å²) in [5.74, 6) is 0.931. The van der Waals surface area contributed by atoms with Gasteiger partial charge in [0.05, 0.1) is 24.6 Å². The number of phenols is 1. The molecule has 0 saturated carbocycles. The van der Waals surface area contributed by atoms with Gasteiger partial charge in [0.2, 0.25) is 11.5 Å². The molecule has 1 unspecified atom stereocenters. The molecule has 11 nitrogen and oxygen atoms in total. The van der Waals surface area contributed by atoms with E-state index < -0.39 is 11.5 Å². The first-order chi connectivity index (χ1) is 25.3. The van der Waals surface area contributed by atoms with Crippen LogP contribution in [0.4, 0.5) is 0 Å². The number of ether oxygens (including phenoxy) is 2. The number of aliphatic hydroxyl groups excluding tert-OH is 1. The maximum atomic E-state index is 13.7. The van der Waals surface area contributed by atoms with Crippen LogP contribution in [0.25, 0.3) is 10.9 Å². The Morgan fingerprint density at radius 1 is 0.942 bits per heavy atom. The van der Waals surface area contributed by atoms with Gasteiger partial charge in [-0.3, -0.25) is 19.3 Å². The summed E-state index contributed by atoms with van der Waals surface area (Å²) < 4.78 is 12.1. The lowest BCUT2D eigenvalue weighted by Crippen LogP contribution is -2.66. The van der Waals surface area contributed by atoms with Crippen LogP contribution in [0.2, 0.25) is 0 Å². The van der Waals surface area contributed by atoms with Crippen molar-refractivity contribution in [3.05, 3.63) is 106 Å². The van der Waals surface area contributed by atoms with Crippen LogP contribution in [0.3, 0.4) is 0 Å². The van der Waals surface area contributed by atoms with Crippen LogP contribution in [0.15, 0.2) is 83.7 Å². The molecular weight excluding hydrogens is 660 g/mol. The second kappa shape index (κ2) is 15.9. The van der Waals surface area contributed by atoms with Gasteiger partial charge in [0.15, 0.2) is 0 Å². The van der Waals surface area contributed by atoms with Crippen molar-refractivity contribution in [1.29, 1.82) is 0 Å². The SMILES string of the molecule is O=C(Cc1ccc(OCCCCCNCC(O)c2ccc(O)c3[nH]c(=O)ccc23)cc1)N1CC(C(=O)O[C@H]2CN3CCC2CC3)(c2ccccc2)C1. The first kappa shape index (κ1) is 35.7. The second-order valence-corrected chi connectivity index (χ2v) is 14.5. The number of carbonyl (C=O) groups is 2. The van der Waals surface area contributed by atoms with E-state index in [0.717, 1.165) is 75.2 Å². The third kappa shape index (κ3) is 7.86. The van der Waals surface area contributed by atoms with Crippen molar-refractivity contribution in [3.8, 4) is 11.5 Å². The number of carbonyl (C=O) groups excluding carboxylic acids is 2. The summed E-state index contributed by atoms with van der Waals surface area (Å²) in [7, 11) is 0. The van der Waals surface area contributed by atoms with E-state index in [1.54, 1.807) is 17.0 Å². The third-order valence-electron chi connectivity index (χ3n) is 11.0. The quantitative estimate of drug-likeness (QED) is 0.106. The average molecular weight is 709 g/mol. The first-order valence-corrected chi connectivity index (χ1v) is 18.5. The average Bonchev–Trinajstić information content (AvgIpc) is 3.14. The minimum absolute atomic E-state index is 0.00949. The van der Waals surface area contributed by atoms with Gasteiger partial charge in [0.1, 0.15) is 23.0 Å². The Balaban J connectivity index is 0.812. The van der Waals surface area contributed by atoms with Crippen molar-refractivity contribution in [3.63, 3.8) is 0 Å². The Morgan fingerprint density at radius 3 is 2.44 bits per heavy atom. The number of unbranched alkanes of at least 4 members (excludes halogenated alkanes) is 2. The van der Waals surface area contributed by atoms with Crippen LogP contribution in [-0.2, 0) is 26.2 Å². The first-order valence-electron chi connectivity index (χ1n) is 18.5. The molecular formula is C41H48N4O7. The number of H-pyrrole nitrogens is 1. The molecule has 2 bridgehead atoms. The molecule has 52 heavy (non-hydrogen) atoms. The standard InChI is InChI=1S/C41H48N4O7/c46-34-15-13-32(33-14-16-37(48)43-39(33)34)35(47)24-42-19-5-2-6-22-51-31-11-9-28(10-12-31)23-38(49)45-26-41(27-45,30-7-3-1-4-8-30)40(50)52-36-25-44-20-17-29(36)18-21-44/h1,3-4,7-16,29,35-36,42,46-47H,2,5-6,17-27H2,(H,43,48)/t35?,36-/m0/s1. The molecule has 5 heterocycles. The number of rotatable bonds is 15. The van der Waals surface area contributed by atoms with Crippen molar-refractivity contribution in [2.45, 2.75) is 56.1 Å². The van der Waals surface area contributed by atoms with Gasteiger partial charge in [-0.25, -0.2) is 0 Å². The van der Waals surface area contributed by atoms with Gasteiger partial charge in [-0.05, 0) is 98.6 Å². The molecule has 8 rings (SSSR count). The monoisotopic (exact) mass is 708 g/mol. The highest BCUT2D eigenvalue weighted by Crippen LogP contribution is 2.39. The molecule has 0 aliphatic carbocycles. The number of esters is 1. The van der Waals surface area contributed by atoms with Crippen molar-refractivity contribution in [2.24, 2.45) is 5.92 Å². The van der Waals surface area contributed by atoms with E-state index in [1.165, 1.54) is 12.1 Å². The fourth-order valence-electron chi connectivity index (χ4n) is 7.87. The minimum Gasteiger partial charge on any atom is -0.506 e. The maximum Gasteiger partial charge on any atom is 0.320 e. The maximum absolute atomic E-state index is 13.7. The summed E-state index contributed by atoms with van der Waals surface area (Å²) in [6.07, 6.45) is 4.29. The van der Waals surface area contributed by atoms with Gasteiger partial charge in [-0.2, -0.15) is 0 Å². The van der Waals surface area contributed by atoms with E-state index in [-0.39, 0.29) is 35.7 Å². The van der Waals surface area contributed by atoms with E-state index in [4.69, 9.17) is 9.47 Å². The minimum atomic E-state index is -0.829. The Labute approximate surface area is 303 Å². The van der Waals surface area contributed by atoms with Gasteiger partial charge < -0.3 is 34.9 Å². The van der Waals surface area contributed by atoms with Crippen LogP contribution in [-0.4, -0.2) is 95.4 Å². The summed E-state index contributed by atoms with van der Waals surface area (Å²) in [6, 6.07) is 23.5. The molecule has 4 aromatic rings. The molecule has 274 valence electrons. The molecule has 1 amide bonds. The van der Waals surface area contributed by atoms with Crippen molar-refractivity contribution < 1.29 is 29.3 Å². The number of nitrogens with one attached hydrogen (secondary N) is 2. The number of hydrogen-bond acceptors (Lipinski definition) is 9. The molecule has 4 saturated heterocycles. The summed E-state index contributed by atoms with van der Waals surface area (Å²) >= 11 is 0. The van der Waals surface area contributed by atoms with Gasteiger partial charge in [0, 0.05) is 37.6 Å². The molecule has 1 aromatic heterocycles. The number of aromatic amines is 1. The summed E-state index contributed by atoms with van der Waals surface area (Å²) in [4.78, 5) is 45.5. The van der Waals surface area contributed by atoms with Gasteiger partial charge >= 0.3 is 5.97 Å². The van der Waals surface area contributed by atoms with E-state index in [9.17, 15) is 24.6 Å². The number of hydrogen-bond donors (Lipinski definition) is 4. The Kier molecular flexibility index (Phi) is 10.9. The highest BCUT2D eigenvalue weighted by molar-refractivity contribution is 5.90. The van der Waals surface area contributed by atoms with Crippen LogP contribution in [0.5, 0.6) is 11.5 Å². The number of phenolic OH excluding ortho intramolecular Hbond substituents is 1. The zero-order valence-electron chi connectivity index (χ0n) is 29.5. The molecule has 11 heteroatoms. The van der Waals surface area contributed by atoms with Crippen molar-refractivity contribution in [1.82, 2.24) is 20.1 Å². The van der Waals surface area contributed by atoms with E-state index >= 15 is 0 Å². The number of nitrogens with zero attached hydrogens (tertiary/aromatic N) is 2. The number of piperidine rings is 3. The summed E-state index contributed by atoms with van der Waals surface area (Å²) in [5.41, 5.74) is 1.62. The number of benzene rings is 3. The zero-order chi connectivity index (χ0) is 36.1. The normalized spacial score (nSPS) is 21.0.